The molecule has 0 unspecified atom stereocenters. The van der Waals surface area contributed by atoms with Gasteiger partial charge < -0.3 is 5.32 Å². The lowest BCUT2D eigenvalue weighted by Gasteiger charge is -2.16. The fraction of sp³-hybridized carbons (Fsp3) is 0.0870. The third kappa shape index (κ3) is 3.34. The number of imide groups is 1. The highest BCUT2D eigenvalue weighted by atomic mass is 19.2. The minimum atomic E-state index is -0.987. The van der Waals surface area contributed by atoms with E-state index in [1.54, 1.807) is 31.2 Å². The molecule has 3 aromatic carbocycles. The summed E-state index contributed by atoms with van der Waals surface area (Å²) in [7, 11) is 0. The zero-order valence-electron chi connectivity index (χ0n) is 15.9. The number of hydrogen-bond donors (Lipinski definition) is 1. The van der Waals surface area contributed by atoms with Crippen LogP contribution in [0.1, 0.15) is 49.6 Å². The summed E-state index contributed by atoms with van der Waals surface area (Å²) in [5, 5.41) is 2.70. The molecule has 0 radical (unpaired) electrons. The van der Waals surface area contributed by atoms with Gasteiger partial charge >= 0.3 is 0 Å². The SMILES string of the molecule is C[C@@H](NC(=O)c1ccc(N2C(=O)c3ccccc3C2=O)cc1)c1ccc(F)c(F)c1. The van der Waals surface area contributed by atoms with E-state index in [1.165, 1.54) is 30.3 Å². The van der Waals surface area contributed by atoms with Gasteiger partial charge in [-0.2, -0.15) is 0 Å². The number of nitrogens with one attached hydrogen (secondary N) is 1. The van der Waals surface area contributed by atoms with Gasteiger partial charge in [-0.25, -0.2) is 13.7 Å². The summed E-state index contributed by atoms with van der Waals surface area (Å²) >= 11 is 0. The van der Waals surface area contributed by atoms with Crippen LogP contribution in [0.5, 0.6) is 0 Å². The highest BCUT2D eigenvalue weighted by Crippen LogP contribution is 2.28. The number of hydrogen-bond acceptors (Lipinski definition) is 3. The van der Waals surface area contributed by atoms with Gasteiger partial charge in [-0.3, -0.25) is 14.4 Å². The number of halogens is 2. The second kappa shape index (κ2) is 7.51. The molecule has 0 fully saturated rings. The molecule has 3 amide bonds. The first kappa shape index (κ1) is 19.4. The van der Waals surface area contributed by atoms with Crippen molar-refractivity contribution in [3.05, 3.63) is 101 Å². The molecule has 1 N–H and O–H groups in total. The Balaban J connectivity index is 1.50. The molecule has 0 spiro atoms. The van der Waals surface area contributed by atoms with E-state index in [9.17, 15) is 23.2 Å². The van der Waals surface area contributed by atoms with E-state index in [2.05, 4.69) is 5.32 Å². The Labute approximate surface area is 170 Å². The molecule has 3 aromatic rings. The predicted molar refractivity (Wildman–Crippen MR) is 106 cm³/mol. The number of anilines is 1. The third-order valence-electron chi connectivity index (χ3n) is 4.97. The maximum atomic E-state index is 13.4. The lowest BCUT2D eigenvalue weighted by Crippen LogP contribution is -2.29. The molecule has 0 aromatic heterocycles. The second-order valence-electron chi connectivity index (χ2n) is 6.91. The number of fused-ring (bicyclic) bond motifs is 1. The molecule has 1 aliphatic rings. The van der Waals surface area contributed by atoms with Crippen molar-refractivity contribution >= 4 is 23.4 Å². The fourth-order valence-corrected chi connectivity index (χ4v) is 3.33. The topological polar surface area (TPSA) is 66.5 Å². The van der Waals surface area contributed by atoms with E-state index >= 15 is 0 Å². The zero-order chi connectivity index (χ0) is 21.4. The van der Waals surface area contributed by atoms with E-state index in [1.807, 2.05) is 0 Å². The molecule has 4 rings (SSSR count). The molecule has 0 bridgehead atoms. The minimum Gasteiger partial charge on any atom is -0.346 e. The van der Waals surface area contributed by atoms with Crippen LogP contribution in [0, 0.1) is 11.6 Å². The fourth-order valence-electron chi connectivity index (χ4n) is 3.33. The zero-order valence-corrected chi connectivity index (χ0v) is 15.9. The first-order valence-corrected chi connectivity index (χ1v) is 9.20. The highest BCUT2D eigenvalue weighted by Gasteiger charge is 2.36. The molecule has 1 heterocycles. The van der Waals surface area contributed by atoms with Gasteiger partial charge in [0, 0.05) is 5.56 Å². The van der Waals surface area contributed by atoms with Crippen molar-refractivity contribution in [2.75, 3.05) is 4.90 Å². The Bertz CT molecular complexity index is 1140. The number of carbonyl (C=O) groups excluding carboxylic acids is 3. The largest absolute Gasteiger partial charge is 0.346 e. The molecular formula is C23H16F2N2O3. The van der Waals surface area contributed by atoms with Crippen LogP contribution in [0.15, 0.2) is 66.7 Å². The van der Waals surface area contributed by atoms with Crippen LogP contribution in [0.25, 0.3) is 0 Å². The Morgan fingerprint density at radius 2 is 1.47 bits per heavy atom. The summed E-state index contributed by atoms with van der Waals surface area (Å²) in [6.45, 7) is 1.65. The summed E-state index contributed by atoms with van der Waals surface area (Å²) in [5.41, 5.74) is 1.75. The van der Waals surface area contributed by atoms with Crippen LogP contribution in [-0.4, -0.2) is 17.7 Å². The second-order valence-corrected chi connectivity index (χ2v) is 6.91. The van der Waals surface area contributed by atoms with E-state index in [-0.39, 0.29) is 0 Å². The molecule has 5 nitrogen and oxygen atoms in total. The minimum absolute atomic E-state index is 0.296. The molecule has 150 valence electrons. The van der Waals surface area contributed by atoms with Gasteiger partial charge in [0.25, 0.3) is 17.7 Å². The Morgan fingerprint density at radius 1 is 0.867 bits per heavy atom. The van der Waals surface area contributed by atoms with Crippen molar-refractivity contribution in [1.82, 2.24) is 5.32 Å². The van der Waals surface area contributed by atoms with Crippen LogP contribution in [0.3, 0.4) is 0 Å². The van der Waals surface area contributed by atoms with Gasteiger partial charge in [-0.1, -0.05) is 18.2 Å². The van der Waals surface area contributed by atoms with Gasteiger partial charge in [0.2, 0.25) is 0 Å². The number of benzene rings is 3. The lowest BCUT2D eigenvalue weighted by atomic mass is 10.1. The van der Waals surface area contributed by atoms with Gasteiger partial charge in [0.1, 0.15) is 0 Å². The average molecular weight is 406 g/mol. The molecule has 0 saturated heterocycles. The number of amides is 3. The quantitative estimate of drug-likeness (QED) is 0.659. The van der Waals surface area contributed by atoms with Crippen LogP contribution in [0.4, 0.5) is 14.5 Å². The van der Waals surface area contributed by atoms with Gasteiger partial charge in [0.15, 0.2) is 11.6 Å². The maximum absolute atomic E-state index is 13.4. The highest BCUT2D eigenvalue weighted by molar-refractivity contribution is 6.34. The smallest absolute Gasteiger partial charge is 0.266 e. The summed E-state index contributed by atoms with van der Waals surface area (Å²) in [6.07, 6.45) is 0. The van der Waals surface area contributed by atoms with Crippen LogP contribution in [0.2, 0.25) is 0 Å². The summed E-state index contributed by atoms with van der Waals surface area (Å²) in [6, 6.07) is 15.5. The van der Waals surface area contributed by atoms with Crippen LogP contribution in [-0.2, 0) is 0 Å². The van der Waals surface area contributed by atoms with E-state index in [0.29, 0.717) is 27.9 Å². The predicted octanol–water partition coefficient (Wildman–Crippen LogP) is 4.26. The Kier molecular flexibility index (Phi) is 4.87. The normalized spacial score (nSPS) is 13.9. The Hall–Kier alpha value is -3.87. The summed E-state index contributed by atoms with van der Waals surface area (Å²) in [5.74, 6) is -3.21. The van der Waals surface area contributed by atoms with E-state index in [4.69, 9.17) is 0 Å². The first-order valence-electron chi connectivity index (χ1n) is 9.20. The van der Waals surface area contributed by atoms with Gasteiger partial charge in [-0.05, 0) is 61.0 Å². The summed E-state index contributed by atoms with van der Waals surface area (Å²) in [4.78, 5) is 38.7. The first-order chi connectivity index (χ1) is 14.4. The van der Waals surface area contributed by atoms with Crippen molar-refractivity contribution in [2.45, 2.75) is 13.0 Å². The van der Waals surface area contributed by atoms with Crippen molar-refractivity contribution in [2.24, 2.45) is 0 Å². The molecule has 30 heavy (non-hydrogen) atoms. The van der Waals surface area contributed by atoms with Crippen LogP contribution < -0.4 is 10.2 Å². The van der Waals surface area contributed by atoms with Crippen molar-refractivity contribution in [3.63, 3.8) is 0 Å². The lowest BCUT2D eigenvalue weighted by molar-refractivity contribution is 0.0921. The average Bonchev–Trinajstić information content (AvgIpc) is 3.00. The molecule has 7 heteroatoms. The van der Waals surface area contributed by atoms with Crippen molar-refractivity contribution in [1.29, 1.82) is 0 Å². The summed E-state index contributed by atoms with van der Waals surface area (Å²) < 4.78 is 26.5. The van der Waals surface area contributed by atoms with E-state index < -0.39 is 35.4 Å². The van der Waals surface area contributed by atoms with Crippen molar-refractivity contribution in [3.8, 4) is 0 Å². The molecule has 0 aliphatic carbocycles. The van der Waals surface area contributed by atoms with Crippen molar-refractivity contribution < 1.29 is 23.2 Å². The van der Waals surface area contributed by atoms with Crippen LogP contribution >= 0.6 is 0 Å². The maximum Gasteiger partial charge on any atom is 0.266 e. The third-order valence-corrected chi connectivity index (χ3v) is 4.97. The molecule has 0 saturated carbocycles. The standard InChI is InChI=1S/C23H16F2N2O3/c1-13(15-8-11-19(24)20(25)12-15)26-21(28)14-6-9-16(10-7-14)27-22(29)17-4-2-3-5-18(17)23(27)30/h2-13H,1H3,(H,26,28)/t13-/m1/s1. The monoisotopic (exact) mass is 406 g/mol. The number of rotatable bonds is 4. The molecular weight excluding hydrogens is 390 g/mol. The van der Waals surface area contributed by atoms with Gasteiger partial charge in [-0.15, -0.1) is 0 Å². The Morgan fingerprint density at radius 3 is 2.03 bits per heavy atom. The number of carbonyl (C=O) groups is 3. The molecule has 1 atom stereocenters. The van der Waals surface area contributed by atoms with Gasteiger partial charge in [0.05, 0.1) is 22.9 Å². The van der Waals surface area contributed by atoms with E-state index in [0.717, 1.165) is 17.0 Å². The number of nitrogens with zero attached hydrogens (tertiary/aromatic N) is 1. The molecule has 1 aliphatic heterocycles.